The van der Waals surface area contributed by atoms with E-state index in [0.29, 0.717) is 17.0 Å². The average Bonchev–Trinajstić information content (AvgIpc) is 2.54. The second kappa shape index (κ2) is 6.40. The second-order valence-corrected chi connectivity index (χ2v) is 6.59. The Bertz CT molecular complexity index is 878. The van der Waals surface area contributed by atoms with Crippen LogP contribution in [-0.4, -0.2) is 17.9 Å². The minimum Gasteiger partial charge on any atom is -0.471 e. The maximum Gasteiger partial charge on any atom is 0.273 e. The van der Waals surface area contributed by atoms with Gasteiger partial charge in [0.2, 0.25) is 5.60 Å². The molecule has 26 heavy (non-hydrogen) atoms. The highest BCUT2D eigenvalue weighted by molar-refractivity contribution is 6.03. The number of ether oxygens (including phenoxy) is 1. The molecule has 5 nitrogen and oxygen atoms in total. The molecule has 0 aliphatic carbocycles. The molecule has 2 N–H and O–H groups in total. The van der Waals surface area contributed by atoms with Crippen molar-refractivity contribution in [1.29, 1.82) is 0 Å². The standard InChI is InChI=1S/C19H18F2N2O3/c1-10(2)22-17(24)11-4-5-16-15(6-11)23-18(25)19(3,26-16)12-7-13(20)9-14(21)8-12/h4-10H,1-3H3,(H,22,24)(H,23,25). The number of carbonyl (C=O) groups excluding carboxylic acids is 2. The number of hydrogen-bond donors (Lipinski definition) is 2. The van der Waals surface area contributed by atoms with Crippen molar-refractivity contribution in [3.8, 4) is 5.75 Å². The van der Waals surface area contributed by atoms with Gasteiger partial charge in [-0.15, -0.1) is 0 Å². The van der Waals surface area contributed by atoms with E-state index in [1.165, 1.54) is 19.1 Å². The Labute approximate surface area is 149 Å². The SMILES string of the molecule is CC(C)NC(=O)c1ccc2c(c1)NC(=O)C(C)(c1cc(F)cc(F)c1)O2. The Kier molecular flexibility index (Phi) is 4.39. The Morgan fingerprint density at radius 3 is 2.42 bits per heavy atom. The van der Waals surface area contributed by atoms with Gasteiger partial charge in [0.05, 0.1) is 5.69 Å². The lowest BCUT2D eigenvalue weighted by Crippen LogP contribution is -2.46. The molecule has 0 bridgehead atoms. The van der Waals surface area contributed by atoms with Crippen LogP contribution in [0.3, 0.4) is 0 Å². The number of benzene rings is 2. The first kappa shape index (κ1) is 17.8. The fourth-order valence-electron chi connectivity index (χ4n) is 2.73. The van der Waals surface area contributed by atoms with E-state index in [4.69, 9.17) is 4.74 Å². The molecule has 0 radical (unpaired) electrons. The fraction of sp³-hybridized carbons (Fsp3) is 0.263. The minimum atomic E-state index is -1.60. The molecule has 2 amide bonds. The van der Waals surface area contributed by atoms with Crippen molar-refractivity contribution < 1.29 is 23.1 Å². The summed E-state index contributed by atoms with van der Waals surface area (Å²) >= 11 is 0. The molecule has 0 saturated heterocycles. The molecule has 1 aliphatic heterocycles. The zero-order chi connectivity index (χ0) is 19.1. The van der Waals surface area contributed by atoms with Crippen LogP contribution in [0.4, 0.5) is 14.5 Å². The summed E-state index contributed by atoms with van der Waals surface area (Å²) in [5.74, 6) is -2.17. The van der Waals surface area contributed by atoms with Crippen LogP contribution >= 0.6 is 0 Å². The first-order valence-electron chi connectivity index (χ1n) is 8.11. The maximum atomic E-state index is 13.6. The van der Waals surface area contributed by atoms with Crippen molar-refractivity contribution in [2.45, 2.75) is 32.4 Å². The predicted octanol–water partition coefficient (Wildman–Crippen LogP) is 3.35. The summed E-state index contributed by atoms with van der Waals surface area (Å²) in [6.45, 7) is 5.11. The smallest absolute Gasteiger partial charge is 0.273 e. The zero-order valence-electron chi connectivity index (χ0n) is 14.5. The average molecular weight is 360 g/mol. The van der Waals surface area contributed by atoms with Crippen LogP contribution in [-0.2, 0) is 10.4 Å². The third kappa shape index (κ3) is 3.24. The molecular formula is C19H18F2N2O3. The van der Waals surface area contributed by atoms with Gasteiger partial charge in [-0.1, -0.05) is 0 Å². The summed E-state index contributed by atoms with van der Waals surface area (Å²) in [5.41, 5.74) is -0.861. The Morgan fingerprint density at radius 1 is 1.15 bits per heavy atom. The number of anilines is 1. The summed E-state index contributed by atoms with van der Waals surface area (Å²) in [5, 5.41) is 5.40. The van der Waals surface area contributed by atoms with Gasteiger partial charge in [0.15, 0.2) is 0 Å². The molecule has 0 aromatic heterocycles. The molecule has 1 heterocycles. The quantitative estimate of drug-likeness (QED) is 0.882. The Morgan fingerprint density at radius 2 is 1.81 bits per heavy atom. The van der Waals surface area contributed by atoms with Crippen LogP contribution in [0.15, 0.2) is 36.4 Å². The van der Waals surface area contributed by atoms with Gasteiger partial charge in [-0.25, -0.2) is 8.78 Å². The summed E-state index contributed by atoms with van der Waals surface area (Å²) in [4.78, 5) is 24.7. The maximum absolute atomic E-state index is 13.6. The van der Waals surface area contributed by atoms with E-state index in [-0.39, 0.29) is 17.5 Å². The number of carbonyl (C=O) groups is 2. The van der Waals surface area contributed by atoms with Crippen molar-refractivity contribution in [2.75, 3.05) is 5.32 Å². The lowest BCUT2D eigenvalue weighted by atomic mass is 9.92. The van der Waals surface area contributed by atoms with E-state index >= 15 is 0 Å². The van der Waals surface area contributed by atoms with Crippen molar-refractivity contribution in [3.05, 3.63) is 59.2 Å². The molecule has 136 valence electrons. The van der Waals surface area contributed by atoms with E-state index in [1.807, 2.05) is 13.8 Å². The van der Waals surface area contributed by atoms with Gasteiger partial charge in [0, 0.05) is 23.2 Å². The number of halogens is 2. The number of amides is 2. The van der Waals surface area contributed by atoms with Gasteiger partial charge in [-0.05, 0) is 51.1 Å². The van der Waals surface area contributed by atoms with Crippen LogP contribution < -0.4 is 15.4 Å². The van der Waals surface area contributed by atoms with Gasteiger partial charge in [0.1, 0.15) is 17.4 Å². The molecule has 0 spiro atoms. The summed E-state index contributed by atoms with van der Waals surface area (Å²) in [6.07, 6.45) is 0. The first-order valence-corrected chi connectivity index (χ1v) is 8.11. The first-order chi connectivity index (χ1) is 12.2. The van der Waals surface area contributed by atoms with E-state index in [2.05, 4.69) is 10.6 Å². The number of hydrogen-bond acceptors (Lipinski definition) is 3. The summed E-state index contributed by atoms with van der Waals surface area (Å²) in [6, 6.07) is 7.39. The molecule has 2 aromatic rings. The number of rotatable bonds is 3. The topological polar surface area (TPSA) is 67.4 Å². The summed E-state index contributed by atoms with van der Waals surface area (Å²) < 4.78 is 32.9. The van der Waals surface area contributed by atoms with Crippen molar-refractivity contribution in [3.63, 3.8) is 0 Å². The minimum absolute atomic E-state index is 0.0319. The highest BCUT2D eigenvalue weighted by Crippen LogP contribution is 2.39. The Hall–Kier alpha value is -2.96. The van der Waals surface area contributed by atoms with Crippen LogP contribution in [0.2, 0.25) is 0 Å². The molecular weight excluding hydrogens is 342 g/mol. The van der Waals surface area contributed by atoms with Gasteiger partial charge in [-0.2, -0.15) is 0 Å². The van der Waals surface area contributed by atoms with Gasteiger partial charge >= 0.3 is 0 Å². The highest BCUT2D eigenvalue weighted by atomic mass is 19.1. The second-order valence-electron chi connectivity index (χ2n) is 6.59. The summed E-state index contributed by atoms with van der Waals surface area (Å²) in [7, 11) is 0. The molecule has 1 unspecified atom stereocenters. The van der Waals surface area contributed by atoms with Gasteiger partial charge in [-0.3, -0.25) is 9.59 Å². The number of fused-ring (bicyclic) bond motifs is 1. The largest absolute Gasteiger partial charge is 0.471 e. The molecule has 0 saturated carbocycles. The van der Waals surface area contributed by atoms with Gasteiger partial charge in [0.25, 0.3) is 11.8 Å². The number of nitrogens with one attached hydrogen (secondary N) is 2. The van der Waals surface area contributed by atoms with Crippen molar-refractivity contribution in [1.82, 2.24) is 5.32 Å². The van der Waals surface area contributed by atoms with E-state index in [9.17, 15) is 18.4 Å². The molecule has 2 aromatic carbocycles. The van der Waals surface area contributed by atoms with Crippen LogP contribution in [0, 0.1) is 11.6 Å². The lowest BCUT2D eigenvalue weighted by Gasteiger charge is -2.35. The van der Waals surface area contributed by atoms with Crippen LogP contribution in [0.5, 0.6) is 5.75 Å². The predicted molar refractivity (Wildman–Crippen MR) is 92.0 cm³/mol. The normalized spacial score (nSPS) is 18.8. The van der Waals surface area contributed by atoms with Crippen LogP contribution in [0.25, 0.3) is 0 Å². The van der Waals surface area contributed by atoms with Crippen molar-refractivity contribution in [2.24, 2.45) is 0 Å². The van der Waals surface area contributed by atoms with Crippen molar-refractivity contribution >= 4 is 17.5 Å². The fourth-order valence-corrected chi connectivity index (χ4v) is 2.73. The monoisotopic (exact) mass is 360 g/mol. The zero-order valence-corrected chi connectivity index (χ0v) is 14.5. The third-order valence-corrected chi connectivity index (χ3v) is 4.07. The van der Waals surface area contributed by atoms with E-state index in [0.717, 1.165) is 18.2 Å². The highest BCUT2D eigenvalue weighted by Gasteiger charge is 2.42. The molecule has 7 heteroatoms. The Balaban J connectivity index is 1.95. The molecule has 0 fully saturated rings. The molecule has 1 aliphatic rings. The lowest BCUT2D eigenvalue weighted by molar-refractivity contribution is -0.131. The van der Waals surface area contributed by atoms with Gasteiger partial charge < -0.3 is 15.4 Å². The van der Waals surface area contributed by atoms with Crippen LogP contribution in [0.1, 0.15) is 36.7 Å². The molecule has 1 atom stereocenters. The van der Waals surface area contributed by atoms with E-state index in [1.54, 1.807) is 6.07 Å². The third-order valence-electron chi connectivity index (χ3n) is 4.07. The molecule has 3 rings (SSSR count). The van der Waals surface area contributed by atoms with E-state index < -0.39 is 23.1 Å².